The van der Waals surface area contributed by atoms with Crippen LogP contribution in [0.3, 0.4) is 0 Å². The molecule has 7 heteroatoms. The smallest absolute Gasteiger partial charge is 0.271 e. The number of anilines is 2. The Morgan fingerprint density at radius 2 is 2.27 bits per heavy atom. The molecule has 1 aliphatic rings. The van der Waals surface area contributed by atoms with Crippen molar-refractivity contribution in [3.8, 4) is 11.1 Å². The van der Waals surface area contributed by atoms with Gasteiger partial charge in [-0.25, -0.2) is 4.98 Å². The van der Waals surface area contributed by atoms with Crippen molar-refractivity contribution in [1.82, 2.24) is 14.9 Å². The van der Waals surface area contributed by atoms with Gasteiger partial charge in [-0.1, -0.05) is 6.58 Å². The average molecular weight is 353 g/mol. The number of aromatic nitrogens is 2. The van der Waals surface area contributed by atoms with Crippen molar-refractivity contribution in [3.05, 3.63) is 53.6 Å². The summed E-state index contributed by atoms with van der Waals surface area (Å²) in [7, 11) is 3.71. The van der Waals surface area contributed by atoms with Gasteiger partial charge in [0.1, 0.15) is 11.5 Å². The van der Waals surface area contributed by atoms with Gasteiger partial charge in [0.05, 0.1) is 0 Å². The molecule has 2 aromatic rings. The van der Waals surface area contributed by atoms with Gasteiger partial charge < -0.3 is 20.1 Å². The number of aromatic amines is 1. The number of carbonyl (C=O) groups excluding carboxylic acids is 1. The predicted octanol–water partition coefficient (Wildman–Crippen LogP) is 1.70. The number of nitrogens with zero attached hydrogens (tertiary/aromatic N) is 3. The molecule has 0 radical (unpaired) electrons. The summed E-state index contributed by atoms with van der Waals surface area (Å²) in [5, 5.41) is 3.01. The predicted molar refractivity (Wildman–Crippen MR) is 103 cm³/mol. The molecule has 1 aliphatic heterocycles. The third-order valence-corrected chi connectivity index (χ3v) is 4.81. The summed E-state index contributed by atoms with van der Waals surface area (Å²) in [6.07, 6.45) is 5.58. The van der Waals surface area contributed by atoms with Crippen molar-refractivity contribution in [3.63, 3.8) is 0 Å². The zero-order chi connectivity index (χ0) is 18.7. The van der Waals surface area contributed by atoms with E-state index >= 15 is 0 Å². The number of H-pyrrole nitrogens is 1. The summed E-state index contributed by atoms with van der Waals surface area (Å²) in [4.78, 5) is 34.9. The second kappa shape index (κ2) is 7.43. The molecule has 3 heterocycles. The first-order valence-electron chi connectivity index (χ1n) is 8.54. The van der Waals surface area contributed by atoms with E-state index in [4.69, 9.17) is 0 Å². The molecule has 136 valence electrons. The lowest BCUT2D eigenvalue weighted by molar-refractivity contribution is -0.125. The summed E-state index contributed by atoms with van der Waals surface area (Å²) >= 11 is 0. The Kier molecular flexibility index (Phi) is 5.06. The fourth-order valence-electron chi connectivity index (χ4n) is 3.23. The number of amides is 1. The van der Waals surface area contributed by atoms with E-state index in [1.54, 1.807) is 17.3 Å². The number of rotatable bonds is 5. The summed E-state index contributed by atoms with van der Waals surface area (Å²) in [5.74, 6) is 0.693. The summed E-state index contributed by atoms with van der Waals surface area (Å²) in [6.45, 7) is 4.80. The van der Waals surface area contributed by atoms with Crippen LogP contribution >= 0.6 is 0 Å². The molecule has 0 unspecified atom stereocenters. The lowest BCUT2D eigenvalue weighted by Crippen LogP contribution is -2.38. The fraction of sp³-hybridized carbons (Fsp3) is 0.316. The van der Waals surface area contributed by atoms with E-state index in [2.05, 4.69) is 21.9 Å². The van der Waals surface area contributed by atoms with Crippen LogP contribution in [0, 0.1) is 0 Å². The van der Waals surface area contributed by atoms with Crippen LogP contribution in [-0.4, -0.2) is 54.0 Å². The fourth-order valence-corrected chi connectivity index (χ4v) is 3.23. The van der Waals surface area contributed by atoms with E-state index in [9.17, 15) is 9.59 Å². The highest BCUT2D eigenvalue weighted by Gasteiger charge is 2.29. The van der Waals surface area contributed by atoms with E-state index < -0.39 is 0 Å². The molecule has 0 aliphatic carbocycles. The number of pyridine rings is 2. The first-order valence-corrected chi connectivity index (χ1v) is 8.54. The second-order valence-electron chi connectivity index (χ2n) is 6.32. The Bertz CT molecular complexity index is 876. The molecule has 26 heavy (non-hydrogen) atoms. The highest BCUT2D eigenvalue weighted by molar-refractivity contribution is 5.87. The average Bonchev–Trinajstić information content (AvgIpc) is 3.17. The largest absolute Gasteiger partial charge is 0.373 e. The van der Waals surface area contributed by atoms with Gasteiger partial charge in [0.2, 0.25) is 5.91 Å². The Hall–Kier alpha value is -3.09. The minimum atomic E-state index is -0.146. The Morgan fingerprint density at radius 3 is 3.00 bits per heavy atom. The zero-order valence-corrected chi connectivity index (χ0v) is 15.0. The van der Waals surface area contributed by atoms with Crippen molar-refractivity contribution in [2.45, 2.75) is 12.5 Å². The number of hydrogen-bond acceptors (Lipinski definition) is 5. The standard InChI is InChI=1S/C19H23N5O2/c1-4-18(25)24-8-6-15(12-24)23(3)16-9-14(11-22-19(16)26)13-5-7-21-17(10-13)20-2/h4-5,7,9-11,15H,1,6,8,12H2,2-3H3,(H,20,21)(H,22,26)/t15-/m0/s1. The molecule has 7 nitrogen and oxygen atoms in total. The van der Waals surface area contributed by atoms with Gasteiger partial charge >= 0.3 is 0 Å². The van der Waals surface area contributed by atoms with Crippen LogP contribution in [0.25, 0.3) is 11.1 Å². The number of carbonyl (C=O) groups is 1. The molecule has 1 saturated heterocycles. The molecule has 0 spiro atoms. The molecule has 0 aromatic carbocycles. The van der Waals surface area contributed by atoms with E-state index in [0.29, 0.717) is 18.8 Å². The van der Waals surface area contributed by atoms with Crippen LogP contribution in [0.15, 0.2) is 48.0 Å². The van der Waals surface area contributed by atoms with Gasteiger partial charge in [-0.15, -0.1) is 0 Å². The molecular weight excluding hydrogens is 330 g/mol. The SMILES string of the molecule is C=CC(=O)N1CC[C@H](N(C)c2cc(-c3ccnc(NC)c3)c[nH]c2=O)C1. The summed E-state index contributed by atoms with van der Waals surface area (Å²) in [6, 6.07) is 5.81. The third-order valence-electron chi connectivity index (χ3n) is 4.81. The molecule has 1 fully saturated rings. The van der Waals surface area contributed by atoms with Crippen LogP contribution in [0.4, 0.5) is 11.5 Å². The molecule has 3 rings (SSSR count). The third kappa shape index (κ3) is 3.46. The second-order valence-corrected chi connectivity index (χ2v) is 6.32. The number of hydrogen-bond donors (Lipinski definition) is 2. The highest BCUT2D eigenvalue weighted by atomic mass is 16.2. The molecule has 1 atom stereocenters. The van der Waals surface area contributed by atoms with Gasteiger partial charge in [-0.05, 0) is 36.3 Å². The maximum absolute atomic E-state index is 12.4. The topological polar surface area (TPSA) is 81.3 Å². The maximum Gasteiger partial charge on any atom is 0.271 e. The first-order chi connectivity index (χ1) is 12.5. The highest BCUT2D eigenvalue weighted by Crippen LogP contribution is 2.25. The monoisotopic (exact) mass is 353 g/mol. The summed E-state index contributed by atoms with van der Waals surface area (Å²) < 4.78 is 0. The van der Waals surface area contributed by atoms with Crippen molar-refractivity contribution in [2.24, 2.45) is 0 Å². The Balaban J connectivity index is 1.87. The number of nitrogens with one attached hydrogen (secondary N) is 2. The number of likely N-dealkylation sites (tertiary alicyclic amines) is 1. The van der Waals surface area contributed by atoms with E-state index in [1.807, 2.05) is 37.2 Å². The van der Waals surface area contributed by atoms with Gasteiger partial charge in [0, 0.05) is 51.2 Å². The van der Waals surface area contributed by atoms with E-state index in [1.165, 1.54) is 6.08 Å². The molecule has 1 amide bonds. The van der Waals surface area contributed by atoms with E-state index in [-0.39, 0.29) is 17.5 Å². The molecule has 2 aromatic heterocycles. The molecular formula is C19H23N5O2. The van der Waals surface area contributed by atoms with Crippen LogP contribution in [-0.2, 0) is 4.79 Å². The minimum absolute atomic E-state index is 0.0695. The van der Waals surface area contributed by atoms with Crippen molar-refractivity contribution >= 4 is 17.4 Å². The molecule has 0 saturated carbocycles. The van der Waals surface area contributed by atoms with E-state index in [0.717, 1.165) is 23.4 Å². The van der Waals surface area contributed by atoms with Crippen LogP contribution in [0.5, 0.6) is 0 Å². The quantitative estimate of drug-likeness (QED) is 0.800. The van der Waals surface area contributed by atoms with Gasteiger partial charge in [0.15, 0.2) is 0 Å². The lowest BCUT2D eigenvalue weighted by Gasteiger charge is -2.26. The number of likely N-dealkylation sites (N-methyl/N-ethyl adjacent to an activating group) is 1. The maximum atomic E-state index is 12.4. The normalized spacial score (nSPS) is 16.4. The van der Waals surface area contributed by atoms with Crippen molar-refractivity contribution in [2.75, 3.05) is 37.4 Å². The zero-order valence-electron chi connectivity index (χ0n) is 15.0. The van der Waals surface area contributed by atoms with Crippen LogP contribution < -0.4 is 15.8 Å². The summed E-state index contributed by atoms with van der Waals surface area (Å²) in [5.41, 5.74) is 2.31. The van der Waals surface area contributed by atoms with Gasteiger partial charge in [-0.3, -0.25) is 9.59 Å². The van der Waals surface area contributed by atoms with Crippen LogP contribution in [0.2, 0.25) is 0 Å². The van der Waals surface area contributed by atoms with Crippen LogP contribution in [0.1, 0.15) is 6.42 Å². The van der Waals surface area contributed by atoms with Gasteiger partial charge in [-0.2, -0.15) is 0 Å². The van der Waals surface area contributed by atoms with Crippen molar-refractivity contribution < 1.29 is 4.79 Å². The van der Waals surface area contributed by atoms with Gasteiger partial charge in [0.25, 0.3) is 5.56 Å². The van der Waals surface area contributed by atoms with Crippen molar-refractivity contribution in [1.29, 1.82) is 0 Å². The Morgan fingerprint density at radius 1 is 1.46 bits per heavy atom. The molecule has 2 N–H and O–H groups in total. The lowest BCUT2D eigenvalue weighted by atomic mass is 10.1. The Labute approximate surface area is 152 Å². The first kappa shape index (κ1) is 17.7. The minimum Gasteiger partial charge on any atom is -0.373 e. The molecule has 0 bridgehead atoms.